The number of likely N-dealkylation sites (tertiary alicyclic amines) is 1. The highest BCUT2D eigenvalue weighted by atomic mass is 16.5. The second kappa shape index (κ2) is 13.6. The van der Waals surface area contributed by atoms with E-state index in [4.69, 9.17) is 4.74 Å². The van der Waals surface area contributed by atoms with Crippen molar-refractivity contribution in [1.82, 2.24) is 9.80 Å². The second-order valence-corrected chi connectivity index (χ2v) is 12.2. The second-order valence-electron chi connectivity index (χ2n) is 12.2. The van der Waals surface area contributed by atoms with Crippen LogP contribution in [0.25, 0.3) is 0 Å². The van der Waals surface area contributed by atoms with E-state index in [2.05, 4.69) is 70.5 Å². The fraction of sp³-hybridized carbons (Fsp3) is 0.618. The normalized spacial score (nSPS) is 25.3. The van der Waals surface area contributed by atoms with Crippen molar-refractivity contribution in [2.24, 2.45) is 11.8 Å². The largest absolute Gasteiger partial charge is 0.453 e. The minimum absolute atomic E-state index is 0.106. The van der Waals surface area contributed by atoms with Gasteiger partial charge in [0.05, 0.1) is 7.11 Å². The molecule has 4 nitrogen and oxygen atoms in total. The molecule has 1 amide bonds. The van der Waals surface area contributed by atoms with Crippen molar-refractivity contribution in [3.8, 4) is 0 Å². The quantitative estimate of drug-likeness (QED) is 0.343. The monoisotopic (exact) mass is 516 g/mol. The standard InChI is InChI=1S/C34H48N2O2/c1-38-34(37)36(31-18-9-4-10-19-31)32-24-30(33(25-32)29-16-7-3-8-17-29)26-35-22-20-28(21-23-35)15-11-14-27-12-5-2-6-13-27/h2-3,5-8,12-13,16-17,28,30-33H,4,9-11,14-15,18-26H2,1H3/t30-,32?,33-/m1/s1. The van der Waals surface area contributed by atoms with E-state index in [-0.39, 0.29) is 12.1 Å². The number of ether oxygens (including phenoxy) is 1. The van der Waals surface area contributed by atoms with Crippen LogP contribution in [0.4, 0.5) is 4.79 Å². The summed E-state index contributed by atoms with van der Waals surface area (Å²) in [5.74, 6) is 1.98. The van der Waals surface area contributed by atoms with Crippen LogP contribution in [-0.4, -0.2) is 54.7 Å². The van der Waals surface area contributed by atoms with Gasteiger partial charge in [0.25, 0.3) is 0 Å². The Bertz CT molecular complexity index is 966. The first kappa shape index (κ1) is 27.2. The third kappa shape index (κ3) is 7.00. The van der Waals surface area contributed by atoms with Gasteiger partial charge in [0.1, 0.15) is 0 Å². The topological polar surface area (TPSA) is 32.8 Å². The van der Waals surface area contributed by atoms with Crippen molar-refractivity contribution in [1.29, 1.82) is 0 Å². The lowest BCUT2D eigenvalue weighted by molar-refractivity contribution is 0.0683. The maximum atomic E-state index is 13.0. The number of benzene rings is 2. The average molecular weight is 517 g/mol. The first-order valence-corrected chi connectivity index (χ1v) is 15.4. The molecule has 1 saturated heterocycles. The van der Waals surface area contributed by atoms with Gasteiger partial charge in [0, 0.05) is 18.6 Å². The zero-order valence-corrected chi connectivity index (χ0v) is 23.5. The van der Waals surface area contributed by atoms with Crippen LogP contribution in [0, 0.1) is 11.8 Å². The molecule has 0 spiro atoms. The molecule has 3 aliphatic rings. The Balaban J connectivity index is 1.19. The summed E-state index contributed by atoms with van der Waals surface area (Å²) in [5.41, 5.74) is 2.92. The Labute approximate surface area is 230 Å². The number of hydrogen-bond acceptors (Lipinski definition) is 3. The summed E-state index contributed by atoms with van der Waals surface area (Å²) in [5, 5.41) is 0. The lowest BCUT2D eigenvalue weighted by Gasteiger charge is -2.38. The van der Waals surface area contributed by atoms with Crippen molar-refractivity contribution in [2.75, 3.05) is 26.7 Å². The number of piperidine rings is 1. The molecule has 1 unspecified atom stereocenters. The smallest absolute Gasteiger partial charge is 0.409 e. The molecule has 2 saturated carbocycles. The summed E-state index contributed by atoms with van der Waals surface area (Å²) >= 11 is 0. The van der Waals surface area contributed by atoms with E-state index in [1.807, 2.05) is 0 Å². The number of rotatable bonds is 9. The first-order valence-electron chi connectivity index (χ1n) is 15.4. The molecular weight excluding hydrogens is 468 g/mol. The van der Waals surface area contributed by atoms with Crippen LogP contribution in [0.5, 0.6) is 0 Å². The highest BCUT2D eigenvalue weighted by Crippen LogP contribution is 2.44. The van der Waals surface area contributed by atoms with Crippen LogP contribution in [0.1, 0.15) is 87.7 Å². The molecule has 2 aliphatic carbocycles. The highest BCUT2D eigenvalue weighted by Gasteiger charge is 2.43. The van der Waals surface area contributed by atoms with Gasteiger partial charge in [0.15, 0.2) is 0 Å². The van der Waals surface area contributed by atoms with Crippen LogP contribution >= 0.6 is 0 Å². The Morgan fingerprint density at radius 1 is 0.868 bits per heavy atom. The Morgan fingerprint density at radius 2 is 1.55 bits per heavy atom. The SMILES string of the molecule is COC(=O)N(C1CCCCC1)C1C[C@H](CN2CCC(CCCc3ccccc3)CC2)[C@@H](c2ccccc2)C1. The van der Waals surface area contributed by atoms with Crippen molar-refractivity contribution in [2.45, 2.75) is 95.1 Å². The number of methoxy groups -OCH3 is 1. The zero-order valence-electron chi connectivity index (χ0n) is 23.5. The molecule has 3 atom stereocenters. The molecule has 1 aliphatic heterocycles. The molecule has 38 heavy (non-hydrogen) atoms. The number of amides is 1. The molecule has 206 valence electrons. The third-order valence-corrected chi connectivity index (χ3v) is 9.77. The molecule has 0 bridgehead atoms. The number of nitrogens with zero attached hydrogens (tertiary/aromatic N) is 2. The first-order chi connectivity index (χ1) is 18.7. The van der Waals surface area contributed by atoms with E-state index in [0.717, 1.165) is 38.1 Å². The van der Waals surface area contributed by atoms with Crippen molar-refractivity contribution in [3.05, 3.63) is 71.8 Å². The highest BCUT2D eigenvalue weighted by molar-refractivity contribution is 5.68. The maximum Gasteiger partial charge on any atom is 0.409 e. The van der Waals surface area contributed by atoms with Gasteiger partial charge < -0.3 is 14.5 Å². The maximum absolute atomic E-state index is 13.0. The fourth-order valence-corrected chi connectivity index (χ4v) is 7.72. The van der Waals surface area contributed by atoms with E-state index >= 15 is 0 Å². The van der Waals surface area contributed by atoms with E-state index in [1.54, 1.807) is 7.11 Å². The predicted octanol–water partition coefficient (Wildman–Crippen LogP) is 7.68. The molecule has 5 rings (SSSR count). The Kier molecular flexibility index (Phi) is 9.78. The molecule has 0 N–H and O–H groups in total. The number of carbonyl (C=O) groups is 1. The number of carbonyl (C=O) groups excluding carboxylic acids is 1. The lowest BCUT2D eigenvalue weighted by atomic mass is 9.87. The Morgan fingerprint density at radius 3 is 2.24 bits per heavy atom. The zero-order chi connectivity index (χ0) is 26.2. The summed E-state index contributed by atoms with van der Waals surface area (Å²) < 4.78 is 5.35. The van der Waals surface area contributed by atoms with Crippen LogP contribution < -0.4 is 0 Å². The fourth-order valence-electron chi connectivity index (χ4n) is 7.72. The van der Waals surface area contributed by atoms with Crippen molar-refractivity contribution in [3.63, 3.8) is 0 Å². The average Bonchev–Trinajstić information content (AvgIpc) is 3.38. The van der Waals surface area contributed by atoms with Gasteiger partial charge in [-0.1, -0.05) is 86.3 Å². The summed E-state index contributed by atoms with van der Waals surface area (Å²) in [4.78, 5) is 18.0. The van der Waals surface area contributed by atoms with Crippen LogP contribution in [0.15, 0.2) is 60.7 Å². The minimum Gasteiger partial charge on any atom is -0.453 e. The molecule has 3 fully saturated rings. The molecule has 2 aromatic carbocycles. The van der Waals surface area contributed by atoms with Crippen LogP contribution in [0.2, 0.25) is 0 Å². The predicted molar refractivity (Wildman–Crippen MR) is 155 cm³/mol. The molecule has 2 aromatic rings. The van der Waals surface area contributed by atoms with Crippen LogP contribution in [0.3, 0.4) is 0 Å². The van der Waals surface area contributed by atoms with E-state index in [9.17, 15) is 4.79 Å². The van der Waals surface area contributed by atoms with Gasteiger partial charge in [-0.3, -0.25) is 0 Å². The summed E-state index contributed by atoms with van der Waals surface area (Å²) in [6.45, 7) is 3.61. The minimum atomic E-state index is -0.106. The molecule has 0 aromatic heterocycles. The van der Waals surface area contributed by atoms with Gasteiger partial charge in [0.2, 0.25) is 0 Å². The summed E-state index contributed by atoms with van der Waals surface area (Å²) in [6.07, 6.45) is 14.6. The van der Waals surface area contributed by atoms with E-state index in [0.29, 0.717) is 17.9 Å². The van der Waals surface area contributed by atoms with Gasteiger partial charge >= 0.3 is 6.09 Å². The third-order valence-electron chi connectivity index (χ3n) is 9.77. The summed E-state index contributed by atoms with van der Waals surface area (Å²) in [7, 11) is 1.56. The van der Waals surface area contributed by atoms with E-state index in [1.165, 1.54) is 75.6 Å². The van der Waals surface area contributed by atoms with Crippen molar-refractivity contribution < 1.29 is 9.53 Å². The molecular formula is C34H48N2O2. The molecule has 1 heterocycles. The summed E-state index contributed by atoms with van der Waals surface area (Å²) in [6, 6.07) is 22.7. The molecule has 4 heteroatoms. The van der Waals surface area contributed by atoms with Gasteiger partial charge in [-0.2, -0.15) is 0 Å². The van der Waals surface area contributed by atoms with Gasteiger partial charge in [-0.25, -0.2) is 4.79 Å². The number of hydrogen-bond donors (Lipinski definition) is 0. The van der Waals surface area contributed by atoms with Crippen LogP contribution in [-0.2, 0) is 11.2 Å². The van der Waals surface area contributed by atoms with Crippen molar-refractivity contribution >= 4 is 6.09 Å². The van der Waals surface area contributed by atoms with Gasteiger partial charge in [-0.15, -0.1) is 0 Å². The lowest BCUT2D eigenvalue weighted by Crippen LogP contribution is -2.47. The number of aryl methyl sites for hydroxylation is 1. The Hall–Kier alpha value is -2.33. The van der Waals surface area contributed by atoms with Gasteiger partial charge in [-0.05, 0) is 93.3 Å². The molecule has 0 radical (unpaired) electrons. The van der Waals surface area contributed by atoms with E-state index < -0.39 is 0 Å².